The van der Waals surface area contributed by atoms with Gasteiger partial charge < -0.3 is 9.29 Å². The summed E-state index contributed by atoms with van der Waals surface area (Å²) in [5.41, 5.74) is 0.512. The maximum absolute atomic E-state index is 11.2. The van der Waals surface area contributed by atoms with Crippen LogP contribution in [-0.2, 0) is 21.6 Å². The van der Waals surface area contributed by atoms with Crippen LogP contribution in [0.1, 0.15) is 20.8 Å². The summed E-state index contributed by atoms with van der Waals surface area (Å²) in [6, 6.07) is 1.86. The van der Waals surface area contributed by atoms with Crippen LogP contribution in [0.4, 0.5) is 0 Å². The summed E-state index contributed by atoms with van der Waals surface area (Å²) in [4.78, 5) is 11.4. The van der Waals surface area contributed by atoms with Crippen molar-refractivity contribution < 1.29 is 18.3 Å². The van der Waals surface area contributed by atoms with E-state index < -0.39 is 17.0 Å². The Labute approximate surface area is 92.6 Å². The molecule has 1 atom stereocenters. The molecule has 0 amide bonds. The molecule has 0 aliphatic rings. The van der Waals surface area contributed by atoms with Gasteiger partial charge in [0, 0.05) is 10.9 Å². The summed E-state index contributed by atoms with van der Waals surface area (Å²) in [6.07, 6.45) is 0. The van der Waals surface area contributed by atoms with E-state index in [1.54, 1.807) is 0 Å². The van der Waals surface area contributed by atoms with Crippen molar-refractivity contribution >= 4 is 28.4 Å². The molecule has 0 saturated carbocycles. The number of hydrogen-bond acceptors (Lipinski definition) is 5. The number of carbonyl (C=O) groups is 1. The average Bonchev–Trinajstić information content (AvgIpc) is 2.59. The van der Waals surface area contributed by atoms with E-state index in [4.69, 9.17) is 9.81 Å². The SMILES string of the molecule is COC(=O)c1scc(C#N)c1CS(=O)O. The van der Waals surface area contributed by atoms with Gasteiger partial charge in [-0.2, -0.15) is 5.26 Å². The first-order valence-corrected chi connectivity index (χ1v) is 5.92. The molecule has 1 N–H and O–H groups in total. The normalized spacial score (nSPS) is 11.8. The number of thiophene rings is 1. The Morgan fingerprint density at radius 1 is 1.80 bits per heavy atom. The lowest BCUT2D eigenvalue weighted by atomic mass is 10.2. The van der Waals surface area contributed by atoms with Gasteiger partial charge in [0.05, 0.1) is 18.4 Å². The van der Waals surface area contributed by atoms with E-state index in [0.717, 1.165) is 11.3 Å². The lowest BCUT2D eigenvalue weighted by Gasteiger charge is -1.99. The van der Waals surface area contributed by atoms with Crippen molar-refractivity contribution in [2.24, 2.45) is 0 Å². The third-order valence-corrected chi connectivity index (χ3v) is 3.19. The molecule has 7 heteroatoms. The Morgan fingerprint density at radius 3 is 2.93 bits per heavy atom. The zero-order valence-corrected chi connectivity index (χ0v) is 9.35. The summed E-state index contributed by atoms with van der Waals surface area (Å²) in [5.74, 6) is -0.835. The monoisotopic (exact) mass is 245 g/mol. The van der Waals surface area contributed by atoms with E-state index >= 15 is 0 Å². The number of esters is 1. The molecule has 0 bridgehead atoms. The van der Waals surface area contributed by atoms with Gasteiger partial charge in [0.2, 0.25) is 0 Å². The Kier molecular flexibility index (Phi) is 3.96. The van der Waals surface area contributed by atoms with Gasteiger partial charge in [-0.25, -0.2) is 9.00 Å². The molecule has 0 aliphatic carbocycles. The first-order chi connectivity index (χ1) is 7.10. The van der Waals surface area contributed by atoms with Crippen molar-refractivity contribution in [2.45, 2.75) is 5.75 Å². The highest BCUT2D eigenvalue weighted by molar-refractivity contribution is 7.78. The summed E-state index contributed by atoms with van der Waals surface area (Å²) >= 11 is -1.06. The van der Waals surface area contributed by atoms with Gasteiger partial charge in [0.1, 0.15) is 10.9 Å². The van der Waals surface area contributed by atoms with E-state index in [1.165, 1.54) is 12.5 Å². The molecule has 1 rings (SSSR count). The molecular weight excluding hydrogens is 238 g/mol. The van der Waals surface area contributed by atoms with Gasteiger partial charge >= 0.3 is 5.97 Å². The molecule has 0 saturated heterocycles. The predicted molar refractivity (Wildman–Crippen MR) is 54.8 cm³/mol. The van der Waals surface area contributed by atoms with Crippen molar-refractivity contribution in [3.63, 3.8) is 0 Å². The van der Waals surface area contributed by atoms with Crippen LogP contribution in [0, 0.1) is 11.3 Å². The largest absolute Gasteiger partial charge is 0.465 e. The number of ether oxygens (including phenoxy) is 1. The Hall–Kier alpha value is -1.23. The highest BCUT2D eigenvalue weighted by Gasteiger charge is 2.19. The van der Waals surface area contributed by atoms with Crippen molar-refractivity contribution in [3.8, 4) is 6.07 Å². The molecule has 0 aliphatic heterocycles. The highest BCUT2D eigenvalue weighted by atomic mass is 32.2. The summed E-state index contributed by atoms with van der Waals surface area (Å²) in [5, 5.41) is 10.2. The second-order valence-corrected chi connectivity index (χ2v) is 4.34. The number of nitriles is 1. The van der Waals surface area contributed by atoms with Crippen LogP contribution in [0.15, 0.2) is 5.38 Å². The maximum atomic E-state index is 11.2. The number of carbonyl (C=O) groups excluding carboxylic acids is 1. The third kappa shape index (κ3) is 2.62. The van der Waals surface area contributed by atoms with Crippen LogP contribution >= 0.6 is 11.3 Å². The number of methoxy groups -OCH3 is 1. The van der Waals surface area contributed by atoms with Crippen molar-refractivity contribution in [3.05, 3.63) is 21.4 Å². The van der Waals surface area contributed by atoms with Crippen LogP contribution in [-0.4, -0.2) is 21.8 Å². The molecule has 5 nitrogen and oxygen atoms in total. The molecule has 1 aromatic heterocycles. The molecule has 0 spiro atoms. The highest BCUT2D eigenvalue weighted by Crippen LogP contribution is 2.24. The van der Waals surface area contributed by atoms with Gasteiger partial charge in [-0.05, 0) is 0 Å². The smallest absolute Gasteiger partial charge is 0.348 e. The van der Waals surface area contributed by atoms with Crippen molar-refractivity contribution in [1.29, 1.82) is 5.26 Å². The van der Waals surface area contributed by atoms with E-state index in [9.17, 15) is 9.00 Å². The van der Waals surface area contributed by atoms with E-state index in [1.807, 2.05) is 6.07 Å². The fourth-order valence-electron chi connectivity index (χ4n) is 1.01. The zero-order chi connectivity index (χ0) is 11.4. The third-order valence-electron chi connectivity index (χ3n) is 1.65. The van der Waals surface area contributed by atoms with Crippen LogP contribution in [0.3, 0.4) is 0 Å². The van der Waals surface area contributed by atoms with Crippen molar-refractivity contribution in [2.75, 3.05) is 7.11 Å². The van der Waals surface area contributed by atoms with E-state index in [2.05, 4.69) is 4.74 Å². The summed E-state index contributed by atoms with van der Waals surface area (Å²) < 4.78 is 23.9. The van der Waals surface area contributed by atoms with Crippen LogP contribution < -0.4 is 0 Å². The molecule has 0 radical (unpaired) electrons. The topological polar surface area (TPSA) is 87.4 Å². The zero-order valence-electron chi connectivity index (χ0n) is 7.72. The van der Waals surface area contributed by atoms with Gasteiger partial charge in [-0.1, -0.05) is 0 Å². The number of nitrogens with zero attached hydrogens (tertiary/aromatic N) is 1. The van der Waals surface area contributed by atoms with E-state index in [0.29, 0.717) is 0 Å². The Morgan fingerprint density at radius 2 is 2.47 bits per heavy atom. The number of hydrogen-bond donors (Lipinski definition) is 1. The Balaban J connectivity index is 3.18. The fraction of sp³-hybridized carbons (Fsp3) is 0.250. The fourth-order valence-corrected chi connectivity index (χ4v) is 2.58. The van der Waals surface area contributed by atoms with Gasteiger partial charge in [0.25, 0.3) is 0 Å². The maximum Gasteiger partial charge on any atom is 0.348 e. The molecule has 1 unspecified atom stereocenters. The summed E-state index contributed by atoms with van der Waals surface area (Å²) in [7, 11) is 1.22. The average molecular weight is 245 g/mol. The minimum absolute atomic E-state index is 0.205. The quantitative estimate of drug-likeness (QED) is 0.637. The molecule has 1 aromatic rings. The standard InChI is InChI=1S/C8H7NO4S2/c1-13-8(10)7-6(4-15(11)12)5(2-9)3-14-7/h3H,4H2,1H3,(H,11,12). The lowest BCUT2D eigenvalue weighted by Crippen LogP contribution is -2.05. The van der Waals surface area contributed by atoms with Gasteiger partial charge in [-0.15, -0.1) is 11.3 Å². The van der Waals surface area contributed by atoms with Gasteiger partial charge in [0.15, 0.2) is 11.1 Å². The molecule has 0 aromatic carbocycles. The lowest BCUT2D eigenvalue weighted by molar-refractivity contribution is 0.0605. The minimum atomic E-state index is -2.09. The molecule has 0 fully saturated rings. The number of rotatable bonds is 3. The Bertz CT molecular complexity index is 446. The first kappa shape index (κ1) is 11.8. The first-order valence-electron chi connectivity index (χ1n) is 3.76. The molecule has 80 valence electrons. The molecule has 15 heavy (non-hydrogen) atoms. The molecule has 1 heterocycles. The van der Waals surface area contributed by atoms with Crippen LogP contribution in [0.25, 0.3) is 0 Å². The van der Waals surface area contributed by atoms with Gasteiger partial charge in [-0.3, -0.25) is 0 Å². The van der Waals surface area contributed by atoms with Crippen LogP contribution in [0.5, 0.6) is 0 Å². The summed E-state index contributed by atoms with van der Waals surface area (Å²) in [6.45, 7) is 0. The van der Waals surface area contributed by atoms with E-state index in [-0.39, 0.29) is 21.8 Å². The molecular formula is C8H7NO4S2. The second-order valence-electron chi connectivity index (χ2n) is 2.53. The van der Waals surface area contributed by atoms with Crippen molar-refractivity contribution in [1.82, 2.24) is 0 Å². The predicted octanol–water partition coefficient (Wildman–Crippen LogP) is 1.13. The van der Waals surface area contributed by atoms with Crippen LogP contribution in [0.2, 0.25) is 0 Å². The minimum Gasteiger partial charge on any atom is -0.465 e. The second kappa shape index (κ2) is 5.02.